The second-order valence-electron chi connectivity index (χ2n) is 7.35. The second kappa shape index (κ2) is 9.75. The summed E-state index contributed by atoms with van der Waals surface area (Å²) in [6, 6.07) is 21.3. The minimum absolute atomic E-state index is 0.0553. The lowest BCUT2D eigenvalue weighted by molar-refractivity contribution is -0.148. The van der Waals surface area contributed by atoms with Crippen molar-refractivity contribution in [3.63, 3.8) is 0 Å². The first-order valence-corrected chi connectivity index (χ1v) is 11.8. The molecule has 4 rings (SSSR count). The molecule has 1 heterocycles. The van der Waals surface area contributed by atoms with Gasteiger partial charge in [-0.2, -0.15) is 0 Å². The largest absolute Gasteiger partial charge is 0.457 e. The fourth-order valence-corrected chi connectivity index (χ4v) is 4.43. The highest BCUT2D eigenvalue weighted by Crippen LogP contribution is 2.24. The fraction of sp³-hybridized carbons (Fsp3) is 0.125. The Labute approximate surface area is 196 Å². The Kier molecular flexibility index (Phi) is 6.60. The summed E-state index contributed by atoms with van der Waals surface area (Å²) in [7, 11) is -3.72. The number of rotatable bonds is 7. The minimum Gasteiger partial charge on any atom is -0.457 e. The average molecular weight is 480 g/mol. The molecule has 34 heavy (non-hydrogen) atoms. The van der Waals surface area contributed by atoms with Crippen molar-refractivity contribution in [2.45, 2.75) is 17.9 Å². The zero-order valence-electron chi connectivity index (χ0n) is 18.1. The molecule has 3 aromatic carbocycles. The van der Waals surface area contributed by atoms with E-state index >= 15 is 0 Å². The zero-order valence-corrected chi connectivity index (χ0v) is 18.9. The molecule has 2 N–H and O–H groups in total. The fourth-order valence-electron chi connectivity index (χ4n) is 3.19. The number of aliphatic imine (C=N–C) groups is 1. The van der Waals surface area contributed by atoms with Crippen LogP contribution >= 0.6 is 0 Å². The lowest BCUT2D eigenvalue weighted by atomic mass is 10.2. The quantitative estimate of drug-likeness (QED) is 0.502. The molecule has 10 heteroatoms. The standard InChI is InChI=1S/C24H21N3O6S/c1-16(25-23-20-12-5-6-13-21(20)34(30,31)27-23)24(29)32-15-22(28)26-17-8-7-11-19(14-17)33-18-9-3-2-4-10-18/h2-14,16H,15H2,1H3,(H,25,27)(H,26,28)/t16-/m0/s1. The number of ether oxygens (including phenoxy) is 2. The summed E-state index contributed by atoms with van der Waals surface area (Å²) < 4.78 is 37.4. The Morgan fingerprint density at radius 3 is 2.47 bits per heavy atom. The van der Waals surface area contributed by atoms with Gasteiger partial charge >= 0.3 is 5.97 Å². The van der Waals surface area contributed by atoms with Crippen LogP contribution in [0.25, 0.3) is 0 Å². The number of amides is 1. The van der Waals surface area contributed by atoms with Crippen LogP contribution in [-0.2, 0) is 24.3 Å². The van der Waals surface area contributed by atoms with Crippen LogP contribution in [0, 0.1) is 0 Å². The van der Waals surface area contributed by atoms with Crippen LogP contribution in [0.4, 0.5) is 5.69 Å². The van der Waals surface area contributed by atoms with Gasteiger partial charge in [0.25, 0.3) is 15.9 Å². The third-order valence-corrected chi connectivity index (χ3v) is 6.17. The van der Waals surface area contributed by atoms with Crippen LogP contribution < -0.4 is 14.8 Å². The Hall–Kier alpha value is -4.18. The Morgan fingerprint density at radius 2 is 1.68 bits per heavy atom. The molecule has 174 valence electrons. The maximum atomic E-state index is 12.3. The van der Waals surface area contributed by atoms with Crippen molar-refractivity contribution in [1.29, 1.82) is 0 Å². The lowest BCUT2D eigenvalue weighted by Gasteiger charge is -2.11. The van der Waals surface area contributed by atoms with E-state index in [9.17, 15) is 18.0 Å². The zero-order chi connectivity index (χ0) is 24.1. The van der Waals surface area contributed by atoms with E-state index in [4.69, 9.17) is 9.47 Å². The van der Waals surface area contributed by atoms with Crippen LogP contribution in [0.3, 0.4) is 0 Å². The molecule has 0 bridgehead atoms. The van der Waals surface area contributed by atoms with Crippen LogP contribution in [0.15, 0.2) is 88.8 Å². The van der Waals surface area contributed by atoms with Crippen molar-refractivity contribution in [1.82, 2.24) is 4.72 Å². The smallest absolute Gasteiger partial charge is 0.331 e. The number of benzene rings is 3. The number of hydrogen-bond donors (Lipinski definition) is 2. The first-order chi connectivity index (χ1) is 16.3. The Balaban J connectivity index is 1.33. The van der Waals surface area contributed by atoms with E-state index in [-0.39, 0.29) is 10.7 Å². The normalized spacial score (nSPS) is 15.6. The maximum absolute atomic E-state index is 12.3. The third-order valence-electron chi connectivity index (χ3n) is 4.77. The number of carbonyl (C=O) groups excluding carboxylic acids is 2. The van der Waals surface area contributed by atoms with Gasteiger partial charge in [-0.05, 0) is 43.3 Å². The molecule has 1 aliphatic rings. The first-order valence-electron chi connectivity index (χ1n) is 10.3. The van der Waals surface area contributed by atoms with Crippen molar-refractivity contribution >= 4 is 33.4 Å². The monoisotopic (exact) mass is 479 g/mol. The summed E-state index contributed by atoms with van der Waals surface area (Å²) in [5.74, 6) is -0.0727. The number of carbonyl (C=O) groups is 2. The molecule has 0 saturated heterocycles. The van der Waals surface area contributed by atoms with Gasteiger partial charge in [0.15, 0.2) is 6.61 Å². The van der Waals surface area contributed by atoms with Gasteiger partial charge in [-0.3, -0.25) is 14.5 Å². The van der Waals surface area contributed by atoms with E-state index in [2.05, 4.69) is 15.0 Å². The number of nitrogens with zero attached hydrogens (tertiary/aromatic N) is 1. The maximum Gasteiger partial charge on any atom is 0.331 e. The predicted octanol–water partition coefficient (Wildman–Crippen LogP) is 3.09. The summed E-state index contributed by atoms with van der Waals surface area (Å²) in [6.45, 7) is 0.924. The highest BCUT2D eigenvalue weighted by Gasteiger charge is 2.31. The predicted molar refractivity (Wildman–Crippen MR) is 125 cm³/mol. The SMILES string of the molecule is C[C@H](N=C1NS(=O)(=O)c2ccccc21)C(=O)OCC(=O)Nc1cccc(Oc2ccccc2)c1. The summed E-state index contributed by atoms with van der Waals surface area (Å²) in [5.41, 5.74) is 0.845. The number of anilines is 1. The van der Waals surface area contributed by atoms with E-state index in [1.165, 1.54) is 13.0 Å². The van der Waals surface area contributed by atoms with Gasteiger partial charge in [0.05, 0.1) is 4.90 Å². The van der Waals surface area contributed by atoms with Crippen LogP contribution in [0.2, 0.25) is 0 Å². The lowest BCUT2D eigenvalue weighted by Crippen LogP contribution is -2.28. The van der Waals surface area contributed by atoms with E-state index in [0.717, 1.165) is 0 Å². The average Bonchev–Trinajstić information content (AvgIpc) is 3.08. The highest BCUT2D eigenvalue weighted by molar-refractivity contribution is 7.90. The van der Waals surface area contributed by atoms with Crippen molar-refractivity contribution in [2.75, 3.05) is 11.9 Å². The number of nitrogens with one attached hydrogen (secondary N) is 2. The molecule has 0 aliphatic carbocycles. The molecule has 0 saturated carbocycles. The van der Waals surface area contributed by atoms with Gasteiger partial charge < -0.3 is 14.8 Å². The van der Waals surface area contributed by atoms with Gasteiger partial charge in [0, 0.05) is 17.3 Å². The minimum atomic E-state index is -3.72. The molecule has 0 aromatic heterocycles. The topological polar surface area (TPSA) is 123 Å². The molecule has 1 aliphatic heterocycles. The number of esters is 1. The van der Waals surface area contributed by atoms with Crippen molar-refractivity contribution < 1.29 is 27.5 Å². The summed E-state index contributed by atoms with van der Waals surface area (Å²) >= 11 is 0. The van der Waals surface area contributed by atoms with Gasteiger partial charge in [-0.15, -0.1) is 0 Å². The number of sulfonamides is 1. The second-order valence-corrected chi connectivity index (χ2v) is 9.00. The summed E-state index contributed by atoms with van der Waals surface area (Å²) in [5, 5.41) is 2.64. The Morgan fingerprint density at radius 1 is 0.971 bits per heavy atom. The number of amidine groups is 1. The molecular weight excluding hydrogens is 458 g/mol. The van der Waals surface area contributed by atoms with E-state index < -0.39 is 34.5 Å². The first kappa shape index (κ1) is 23.0. The van der Waals surface area contributed by atoms with Gasteiger partial charge in [0.1, 0.15) is 23.4 Å². The van der Waals surface area contributed by atoms with E-state index in [1.807, 2.05) is 30.3 Å². The summed E-state index contributed by atoms with van der Waals surface area (Å²) in [4.78, 5) is 28.8. The molecule has 9 nitrogen and oxygen atoms in total. The number of fused-ring (bicyclic) bond motifs is 1. The number of para-hydroxylation sites is 1. The number of hydrogen-bond acceptors (Lipinski definition) is 7. The molecule has 1 atom stereocenters. The summed E-state index contributed by atoms with van der Waals surface area (Å²) in [6.07, 6.45) is 0. The van der Waals surface area contributed by atoms with Crippen molar-refractivity contribution in [3.8, 4) is 11.5 Å². The molecule has 0 unspecified atom stereocenters. The third kappa shape index (κ3) is 5.41. The molecular formula is C24H21N3O6S. The van der Waals surface area contributed by atoms with Crippen molar-refractivity contribution in [3.05, 3.63) is 84.4 Å². The van der Waals surface area contributed by atoms with E-state index in [1.54, 1.807) is 42.5 Å². The van der Waals surface area contributed by atoms with Gasteiger partial charge in [0.2, 0.25) is 0 Å². The van der Waals surface area contributed by atoms with Gasteiger partial charge in [-0.1, -0.05) is 36.4 Å². The molecule has 1 amide bonds. The van der Waals surface area contributed by atoms with E-state index in [0.29, 0.717) is 22.7 Å². The Bertz CT molecular complexity index is 1360. The highest BCUT2D eigenvalue weighted by atomic mass is 32.2. The molecule has 0 radical (unpaired) electrons. The molecule has 0 spiro atoms. The molecule has 3 aromatic rings. The van der Waals surface area contributed by atoms with Crippen LogP contribution in [-0.4, -0.2) is 38.8 Å². The van der Waals surface area contributed by atoms with Gasteiger partial charge in [-0.25, -0.2) is 13.2 Å². The molecule has 0 fully saturated rings. The van der Waals surface area contributed by atoms with Crippen LogP contribution in [0.1, 0.15) is 12.5 Å². The van der Waals surface area contributed by atoms with Crippen molar-refractivity contribution in [2.24, 2.45) is 4.99 Å². The van der Waals surface area contributed by atoms with Crippen LogP contribution in [0.5, 0.6) is 11.5 Å².